The average molecular weight is 443 g/mol. The Kier molecular flexibility index (Phi) is 10.3. The first-order valence-corrected chi connectivity index (χ1v) is 11.0. The minimum Gasteiger partial charge on any atom is -0.367 e. The van der Waals surface area contributed by atoms with Crippen molar-refractivity contribution in [2.75, 3.05) is 0 Å². The van der Waals surface area contributed by atoms with Gasteiger partial charge in [0.05, 0.1) is 19.8 Å². The SMILES string of the molecule is C=C/C=C\[C@@H](OCc1ccccc1)[C@H](OCc1ccccc1)[C@H](C=O)OCc1ccccc1. The lowest BCUT2D eigenvalue weighted by molar-refractivity contribution is -0.151. The number of rotatable bonds is 14. The van der Waals surface area contributed by atoms with Crippen LogP contribution < -0.4 is 0 Å². The van der Waals surface area contributed by atoms with E-state index in [0.717, 1.165) is 23.0 Å². The molecular weight excluding hydrogens is 412 g/mol. The van der Waals surface area contributed by atoms with Gasteiger partial charge in [-0.3, -0.25) is 0 Å². The molecule has 0 N–H and O–H groups in total. The van der Waals surface area contributed by atoms with Crippen molar-refractivity contribution in [2.45, 2.75) is 38.1 Å². The van der Waals surface area contributed by atoms with Gasteiger partial charge in [-0.2, -0.15) is 0 Å². The highest BCUT2D eigenvalue weighted by Crippen LogP contribution is 2.19. The molecule has 0 aliphatic rings. The van der Waals surface area contributed by atoms with Crippen LogP contribution in [0.1, 0.15) is 16.7 Å². The van der Waals surface area contributed by atoms with Crippen molar-refractivity contribution in [3.05, 3.63) is 132 Å². The number of hydrogen-bond donors (Lipinski definition) is 0. The van der Waals surface area contributed by atoms with Crippen LogP contribution in [0.3, 0.4) is 0 Å². The van der Waals surface area contributed by atoms with Crippen LogP contribution in [0.5, 0.6) is 0 Å². The zero-order chi connectivity index (χ0) is 23.1. The van der Waals surface area contributed by atoms with Crippen molar-refractivity contribution in [3.8, 4) is 0 Å². The first-order chi connectivity index (χ1) is 16.3. The summed E-state index contributed by atoms with van der Waals surface area (Å²) < 4.78 is 18.5. The van der Waals surface area contributed by atoms with E-state index in [9.17, 15) is 4.79 Å². The predicted molar refractivity (Wildman–Crippen MR) is 130 cm³/mol. The molecule has 33 heavy (non-hydrogen) atoms. The zero-order valence-corrected chi connectivity index (χ0v) is 18.7. The van der Waals surface area contributed by atoms with Crippen LogP contribution in [-0.4, -0.2) is 24.6 Å². The summed E-state index contributed by atoms with van der Waals surface area (Å²) >= 11 is 0. The third kappa shape index (κ3) is 8.28. The Morgan fingerprint density at radius 3 is 1.48 bits per heavy atom. The van der Waals surface area contributed by atoms with E-state index in [-0.39, 0.29) is 0 Å². The number of aldehydes is 1. The Hall–Kier alpha value is -3.31. The van der Waals surface area contributed by atoms with Gasteiger partial charge in [-0.1, -0.05) is 116 Å². The highest BCUT2D eigenvalue weighted by Gasteiger charge is 2.31. The van der Waals surface area contributed by atoms with Gasteiger partial charge in [-0.25, -0.2) is 0 Å². The second kappa shape index (κ2) is 14.0. The third-order valence-corrected chi connectivity index (χ3v) is 5.07. The summed E-state index contributed by atoms with van der Waals surface area (Å²) in [6, 6.07) is 29.5. The van der Waals surface area contributed by atoms with E-state index < -0.39 is 18.3 Å². The molecule has 0 bridgehead atoms. The Labute approximate surface area is 196 Å². The molecule has 3 aromatic rings. The van der Waals surface area contributed by atoms with Gasteiger partial charge < -0.3 is 19.0 Å². The number of carbonyl (C=O) groups excluding carboxylic acids is 1. The molecule has 0 radical (unpaired) electrons. The summed E-state index contributed by atoms with van der Waals surface area (Å²) in [7, 11) is 0. The molecule has 3 rings (SSSR count). The van der Waals surface area contributed by atoms with Gasteiger partial charge in [-0.05, 0) is 16.7 Å². The highest BCUT2D eigenvalue weighted by molar-refractivity contribution is 5.57. The summed E-state index contributed by atoms with van der Waals surface area (Å²) in [5.74, 6) is 0. The van der Waals surface area contributed by atoms with Crippen LogP contribution in [0.25, 0.3) is 0 Å². The van der Waals surface area contributed by atoms with Gasteiger partial charge in [-0.15, -0.1) is 0 Å². The monoisotopic (exact) mass is 442 g/mol. The molecule has 0 aliphatic heterocycles. The molecule has 4 heteroatoms. The number of hydrogen-bond acceptors (Lipinski definition) is 4. The third-order valence-electron chi connectivity index (χ3n) is 5.07. The maximum absolute atomic E-state index is 12.1. The Balaban J connectivity index is 1.79. The Morgan fingerprint density at radius 1 is 0.636 bits per heavy atom. The molecule has 0 aromatic heterocycles. The second-order valence-corrected chi connectivity index (χ2v) is 7.54. The van der Waals surface area contributed by atoms with Crippen molar-refractivity contribution in [1.82, 2.24) is 0 Å². The molecule has 3 aromatic carbocycles. The van der Waals surface area contributed by atoms with Gasteiger partial charge >= 0.3 is 0 Å². The van der Waals surface area contributed by atoms with Crippen molar-refractivity contribution >= 4 is 6.29 Å². The van der Waals surface area contributed by atoms with E-state index in [1.807, 2.05) is 97.1 Å². The van der Waals surface area contributed by atoms with E-state index in [2.05, 4.69) is 6.58 Å². The minimum atomic E-state index is -0.816. The normalized spacial score (nSPS) is 13.9. The van der Waals surface area contributed by atoms with Gasteiger partial charge in [0.1, 0.15) is 18.3 Å². The number of benzene rings is 3. The first kappa shape index (κ1) is 24.3. The van der Waals surface area contributed by atoms with E-state index in [1.165, 1.54) is 0 Å². The molecular formula is C29H30O4. The minimum absolute atomic E-state index is 0.298. The number of ether oxygens (including phenoxy) is 3. The average Bonchev–Trinajstić information content (AvgIpc) is 2.88. The highest BCUT2D eigenvalue weighted by atomic mass is 16.6. The van der Waals surface area contributed by atoms with E-state index in [4.69, 9.17) is 14.2 Å². The summed E-state index contributed by atoms with van der Waals surface area (Å²) in [5, 5.41) is 0. The van der Waals surface area contributed by atoms with E-state index in [0.29, 0.717) is 19.8 Å². The lowest BCUT2D eigenvalue weighted by Gasteiger charge is -2.29. The molecule has 0 saturated heterocycles. The molecule has 0 spiro atoms. The van der Waals surface area contributed by atoms with E-state index >= 15 is 0 Å². The fraction of sp³-hybridized carbons (Fsp3) is 0.207. The van der Waals surface area contributed by atoms with Gasteiger partial charge in [0.15, 0.2) is 6.29 Å². The van der Waals surface area contributed by atoms with Crippen molar-refractivity contribution in [1.29, 1.82) is 0 Å². The maximum atomic E-state index is 12.1. The lowest BCUT2D eigenvalue weighted by atomic mass is 10.1. The number of allylic oxidation sites excluding steroid dienone is 2. The van der Waals surface area contributed by atoms with Crippen LogP contribution in [0.2, 0.25) is 0 Å². The Morgan fingerprint density at radius 2 is 1.06 bits per heavy atom. The largest absolute Gasteiger partial charge is 0.367 e. The molecule has 0 unspecified atom stereocenters. The molecule has 170 valence electrons. The molecule has 0 fully saturated rings. The lowest BCUT2D eigenvalue weighted by Crippen LogP contribution is -2.42. The van der Waals surface area contributed by atoms with Crippen LogP contribution >= 0.6 is 0 Å². The van der Waals surface area contributed by atoms with Crippen molar-refractivity contribution < 1.29 is 19.0 Å². The summed E-state index contributed by atoms with van der Waals surface area (Å²) in [5.41, 5.74) is 3.02. The molecule has 0 heterocycles. The van der Waals surface area contributed by atoms with Gasteiger partial charge in [0.2, 0.25) is 0 Å². The smallest absolute Gasteiger partial charge is 0.151 e. The van der Waals surface area contributed by atoms with Crippen LogP contribution in [0.15, 0.2) is 116 Å². The van der Waals surface area contributed by atoms with Crippen molar-refractivity contribution in [3.63, 3.8) is 0 Å². The van der Waals surface area contributed by atoms with Gasteiger partial charge in [0.25, 0.3) is 0 Å². The molecule has 4 nitrogen and oxygen atoms in total. The second-order valence-electron chi connectivity index (χ2n) is 7.54. The van der Waals surface area contributed by atoms with Crippen LogP contribution in [0.4, 0.5) is 0 Å². The summed E-state index contributed by atoms with van der Waals surface area (Å²) in [6.45, 7) is 4.77. The topological polar surface area (TPSA) is 44.8 Å². The van der Waals surface area contributed by atoms with Gasteiger partial charge in [0, 0.05) is 0 Å². The summed E-state index contributed by atoms with van der Waals surface area (Å²) in [4.78, 5) is 12.1. The van der Waals surface area contributed by atoms with E-state index in [1.54, 1.807) is 12.2 Å². The number of carbonyl (C=O) groups is 1. The fourth-order valence-electron chi connectivity index (χ4n) is 3.34. The fourth-order valence-corrected chi connectivity index (χ4v) is 3.34. The Bertz CT molecular complexity index is 970. The molecule has 3 atom stereocenters. The molecule has 0 saturated carbocycles. The zero-order valence-electron chi connectivity index (χ0n) is 18.7. The molecule has 0 aliphatic carbocycles. The van der Waals surface area contributed by atoms with Crippen LogP contribution in [0, 0.1) is 0 Å². The van der Waals surface area contributed by atoms with Crippen molar-refractivity contribution in [2.24, 2.45) is 0 Å². The maximum Gasteiger partial charge on any atom is 0.151 e. The summed E-state index contributed by atoms with van der Waals surface area (Å²) in [6.07, 6.45) is 4.14. The standard InChI is InChI=1S/C29H30O4/c1-2-3-19-27(31-21-24-13-7-4-8-14-24)29(33-23-26-17-11-6-12-18-26)28(20-30)32-22-25-15-9-5-10-16-25/h2-20,27-29H,1,21-23H2/b19-3-/t27-,28+,29+/m1/s1. The van der Waals surface area contributed by atoms with Crippen LogP contribution in [-0.2, 0) is 38.8 Å². The quantitative estimate of drug-likeness (QED) is 0.238. The predicted octanol–water partition coefficient (Wildman–Crippen LogP) is 5.68. The first-order valence-electron chi connectivity index (χ1n) is 11.0. The molecule has 0 amide bonds.